The van der Waals surface area contributed by atoms with Crippen molar-refractivity contribution in [3.05, 3.63) is 93.6 Å². The number of hydrogen-bond donors (Lipinski definition) is 1. The van der Waals surface area contributed by atoms with Crippen LogP contribution in [-0.4, -0.2) is 19.2 Å². The van der Waals surface area contributed by atoms with E-state index in [-0.39, 0.29) is 16.9 Å². The summed E-state index contributed by atoms with van der Waals surface area (Å²) in [5, 5.41) is 11.0. The molecule has 5 rings (SSSR count). The summed E-state index contributed by atoms with van der Waals surface area (Å²) in [6, 6.07) is 21.0. The number of aromatic hydroxyl groups is 1. The molecule has 0 aliphatic rings. The van der Waals surface area contributed by atoms with Gasteiger partial charge in [0.25, 0.3) is 0 Å². The number of benzene rings is 3. The van der Waals surface area contributed by atoms with E-state index < -0.39 is 11.3 Å². The minimum absolute atomic E-state index is 0.00878. The summed E-state index contributed by atoms with van der Waals surface area (Å²) >= 11 is 0. The lowest BCUT2D eigenvalue weighted by atomic mass is 9.97. The van der Waals surface area contributed by atoms with E-state index in [0.717, 1.165) is 16.8 Å². The van der Waals surface area contributed by atoms with Crippen LogP contribution in [0.25, 0.3) is 44.2 Å². The second-order valence-electron chi connectivity index (χ2n) is 7.77. The first kappa shape index (κ1) is 19.6. The van der Waals surface area contributed by atoms with Crippen molar-refractivity contribution in [3.8, 4) is 28.0 Å². The van der Waals surface area contributed by atoms with Crippen LogP contribution in [0.4, 0.5) is 5.69 Å². The van der Waals surface area contributed by atoms with Crippen LogP contribution < -0.4 is 16.2 Å². The monoisotopic (exact) mass is 425 g/mol. The van der Waals surface area contributed by atoms with Crippen molar-refractivity contribution in [2.75, 3.05) is 19.0 Å². The van der Waals surface area contributed by atoms with E-state index in [4.69, 9.17) is 8.83 Å². The number of rotatable bonds is 3. The van der Waals surface area contributed by atoms with E-state index in [1.54, 1.807) is 18.2 Å². The number of para-hydroxylation sites is 1. The third-order valence-electron chi connectivity index (χ3n) is 5.47. The number of hydrogen-bond acceptors (Lipinski definition) is 6. The van der Waals surface area contributed by atoms with Crippen LogP contribution in [0, 0.1) is 0 Å². The summed E-state index contributed by atoms with van der Waals surface area (Å²) in [6.07, 6.45) is 0. The largest absolute Gasteiger partial charge is 0.508 e. The number of fused-ring (bicyclic) bond motifs is 2. The van der Waals surface area contributed by atoms with Gasteiger partial charge in [0.05, 0.1) is 5.56 Å². The molecule has 0 saturated carbocycles. The van der Waals surface area contributed by atoms with Crippen LogP contribution in [0.2, 0.25) is 0 Å². The van der Waals surface area contributed by atoms with Crippen molar-refractivity contribution in [2.45, 2.75) is 0 Å². The molecule has 0 fully saturated rings. The molecule has 1 N–H and O–H groups in total. The Labute approximate surface area is 182 Å². The molecule has 0 radical (unpaired) electrons. The van der Waals surface area contributed by atoms with Gasteiger partial charge in [-0.1, -0.05) is 30.3 Å². The highest BCUT2D eigenvalue weighted by Gasteiger charge is 2.16. The Hall–Kier alpha value is -4.32. The fourth-order valence-electron chi connectivity index (χ4n) is 3.86. The predicted octanol–water partition coefficient (Wildman–Crippen LogP) is 5.01. The minimum Gasteiger partial charge on any atom is -0.508 e. The highest BCUT2D eigenvalue weighted by atomic mass is 16.4. The van der Waals surface area contributed by atoms with Crippen LogP contribution in [0.5, 0.6) is 5.75 Å². The molecule has 6 nitrogen and oxygen atoms in total. The predicted molar refractivity (Wildman–Crippen MR) is 125 cm³/mol. The van der Waals surface area contributed by atoms with E-state index in [1.165, 1.54) is 18.2 Å². The Balaban J connectivity index is 1.75. The van der Waals surface area contributed by atoms with Gasteiger partial charge in [-0.2, -0.15) is 0 Å². The molecule has 3 aromatic carbocycles. The molecule has 0 spiro atoms. The Morgan fingerprint density at radius 1 is 0.781 bits per heavy atom. The smallest absolute Gasteiger partial charge is 0.344 e. The summed E-state index contributed by atoms with van der Waals surface area (Å²) in [5.74, 6) is 0.00878. The van der Waals surface area contributed by atoms with Gasteiger partial charge in [-0.05, 0) is 41.5 Å². The fourth-order valence-corrected chi connectivity index (χ4v) is 3.86. The van der Waals surface area contributed by atoms with Gasteiger partial charge in [0.2, 0.25) is 0 Å². The third-order valence-corrected chi connectivity index (χ3v) is 5.47. The number of anilines is 1. The molecule has 0 atom stereocenters. The highest BCUT2D eigenvalue weighted by molar-refractivity contribution is 6.01. The lowest BCUT2D eigenvalue weighted by Gasteiger charge is -2.13. The topological polar surface area (TPSA) is 83.9 Å². The minimum atomic E-state index is -0.584. The zero-order valence-corrected chi connectivity index (χ0v) is 17.5. The first-order chi connectivity index (χ1) is 15.4. The lowest BCUT2D eigenvalue weighted by Crippen LogP contribution is -2.08. The normalized spacial score (nSPS) is 11.2. The van der Waals surface area contributed by atoms with Crippen molar-refractivity contribution in [1.29, 1.82) is 0 Å². The van der Waals surface area contributed by atoms with Crippen LogP contribution in [0.3, 0.4) is 0 Å². The zero-order chi connectivity index (χ0) is 22.4. The van der Waals surface area contributed by atoms with Gasteiger partial charge in [0.15, 0.2) is 0 Å². The molecule has 0 amide bonds. The summed E-state index contributed by atoms with van der Waals surface area (Å²) in [7, 11) is 3.93. The Morgan fingerprint density at radius 3 is 2.31 bits per heavy atom. The van der Waals surface area contributed by atoms with E-state index >= 15 is 0 Å². The zero-order valence-electron chi connectivity index (χ0n) is 17.5. The van der Waals surface area contributed by atoms with Gasteiger partial charge >= 0.3 is 11.3 Å². The standard InChI is InChI=1S/C26H19NO5/c1-27(2)17-9-6-15(7-10-17)21-14-24(29)32-25-19(21)4-3-5-20(25)22-12-16-8-11-18(28)13-23(16)31-26(22)30/h3-14,28H,1-2H3. The van der Waals surface area contributed by atoms with Gasteiger partial charge in [-0.3, -0.25) is 0 Å². The Bertz CT molecular complexity index is 1590. The highest BCUT2D eigenvalue weighted by Crippen LogP contribution is 2.34. The third kappa shape index (κ3) is 3.32. The second kappa shape index (κ2) is 7.42. The van der Waals surface area contributed by atoms with Gasteiger partial charge in [0, 0.05) is 48.3 Å². The molecule has 0 bridgehead atoms. The number of phenols is 1. The summed E-state index contributed by atoms with van der Waals surface area (Å²) in [4.78, 5) is 27.2. The van der Waals surface area contributed by atoms with Gasteiger partial charge < -0.3 is 18.8 Å². The van der Waals surface area contributed by atoms with Crippen molar-refractivity contribution in [3.63, 3.8) is 0 Å². The second-order valence-corrected chi connectivity index (χ2v) is 7.77. The van der Waals surface area contributed by atoms with Crippen LogP contribution in [0.15, 0.2) is 91.2 Å². The Morgan fingerprint density at radius 2 is 1.56 bits per heavy atom. The first-order valence-electron chi connectivity index (χ1n) is 10.0. The molecule has 6 heteroatoms. The molecule has 2 heterocycles. The van der Waals surface area contributed by atoms with Crippen molar-refractivity contribution in [1.82, 2.24) is 0 Å². The van der Waals surface area contributed by atoms with Crippen molar-refractivity contribution >= 4 is 27.6 Å². The van der Waals surface area contributed by atoms with E-state index in [9.17, 15) is 14.7 Å². The molecule has 0 saturated heterocycles. The average Bonchev–Trinajstić information content (AvgIpc) is 2.78. The summed E-state index contributed by atoms with van der Waals surface area (Å²) < 4.78 is 11.0. The molecule has 0 unspecified atom stereocenters. The number of phenolic OH excluding ortho intramolecular Hbond substituents is 1. The maximum absolute atomic E-state index is 12.8. The molecule has 0 aliphatic heterocycles. The van der Waals surface area contributed by atoms with E-state index in [0.29, 0.717) is 21.9 Å². The molecule has 2 aromatic heterocycles. The summed E-state index contributed by atoms with van der Waals surface area (Å²) in [6.45, 7) is 0. The molecule has 158 valence electrons. The average molecular weight is 425 g/mol. The maximum atomic E-state index is 12.8. The van der Waals surface area contributed by atoms with E-state index in [2.05, 4.69) is 0 Å². The van der Waals surface area contributed by atoms with Gasteiger partial charge in [-0.25, -0.2) is 9.59 Å². The quantitative estimate of drug-likeness (QED) is 0.409. The maximum Gasteiger partial charge on any atom is 0.344 e. The van der Waals surface area contributed by atoms with Crippen LogP contribution >= 0.6 is 0 Å². The molecule has 32 heavy (non-hydrogen) atoms. The van der Waals surface area contributed by atoms with Gasteiger partial charge in [-0.15, -0.1) is 0 Å². The van der Waals surface area contributed by atoms with Crippen molar-refractivity contribution in [2.24, 2.45) is 0 Å². The van der Waals surface area contributed by atoms with Crippen LogP contribution in [0.1, 0.15) is 0 Å². The first-order valence-corrected chi connectivity index (χ1v) is 10.0. The Kier molecular flexibility index (Phi) is 4.56. The SMILES string of the molecule is CN(C)c1ccc(-c2cc(=O)oc3c(-c4cc5ccc(O)cc5oc4=O)cccc23)cc1. The van der Waals surface area contributed by atoms with Gasteiger partial charge in [0.1, 0.15) is 16.9 Å². The van der Waals surface area contributed by atoms with Crippen molar-refractivity contribution < 1.29 is 13.9 Å². The summed E-state index contributed by atoms with van der Waals surface area (Å²) in [5.41, 5.74) is 2.88. The number of nitrogens with zero attached hydrogens (tertiary/aromatic N) is 1. The fraction of sp³-hybridized carbons (Fsp3) is 0.0769. The molecular weight excluding hydrogens is 406 g/mol. The lowest BCUT2D eigenvalue weighted by molar-refractivity contribution is 0.473. The molecule has 5 aromatic rings. The molecular formula is C26H19NO5. The molecule has 0 aliphatic carbocycles. The van der Waals surface area contributed by atoms with Crippen LogP contribution in [-0.2, 0) is 0 Å². The van der Waals surface area contributed by atoms with E-state index in [1.807, 2.05) is 55.4 Å².